The summed E-state index contributed by atoms with van der Waals surface area (Å²) in [5, 5.41) is 6.12. The highest BCUT2D eigenvalue weighted by atomic mass is 16.7. The van der Waals surface area contributed by atoms with E-state index in [2.05, 4.69) is 20.6 Å². The number of carbonyl (C=O) groups is 1. The molecule has 3 aromatic rings. The summed E-state index contributed by atoms with van der Waals surface area (Å²) in [5.41, 5.74) is 2.38. The molecule has 7 nitrogen and oxygen atoms in total. The van der Waals surface area contributed by atoms with Crippen LogP contribution in [0.2, 0.25) is 0 Å². The van der Waals surface area contributed by atoms with Crippen LogP contribution in [0.1, 0.15) is 27.4 Å². The molecule has 0 saturated carbocycles. The van der Waals surface area contributed by atoms with Gasteiger partial charge in [-0.05, 0) is 30.2 Å². The Labute approximate surface area is 162 Å². The molecule has 2 aromatic carbocycles. The SMILES string of the molecule is Cc1nc(NCc2ccc3c(c2)OCO3)cc(C(=O)NCc2ccccc2)n1. The number of hydrogen-bond acceptors (Lipinski definition) is 6. The number of hydrogen-bond donors (Lipinski definition) is 2. The number of ether oxygens (including phenoxy) is 2. The molecule has 0 radical (unpaired) electrons. The monoisotopic (exact) mass is 376 g/mol. The Bertz CT molecular complexity index is 992. The van der Waals surface area contributed by atoms with Gasteiger partial charge in [-0.1, -0.05) is 36.4 Å². The minimum Gasteiger partial charge on any atom is -0.454 e. The summed E-state index contributed by atoms with van der Waals surface area (Å²) in [6.45, 7) is 3.00. The average Bonchev–Trinajstić information content (AvgIpc) is 3.19. The molecule has 7 heteroatoms. The van der Waals surface area contributed by atoms with Crippen LogP contribution >= 0.6 is 0 Å². The summed E-state index contributed by atoms with van der Waals surface area (Å²) in [6, 6.07) is 17.2. The molecule has 0 saturated heterocycles. The van der Waals surface area contributed by atoms with E-state index < -0.39 is 0 Å². The minimum atomic E-state index is -0.236. The van der Waals surface area contributed by atoms with E-state index in [-0.39, 0.29) is 12.7 Å². The first-order valence-electron chi connectivity index (χ1n) is 8.97. The van der Waals surface area contributed by atoms with Crippen molar-refractivity contribution in [1.82, 2.24) is 15.3 Å². The summed E-state index contributed by atoms with van der Waals surface area (Å²) in [5.74, 6) is 2.37. The smallest absolute Gasteiger partial charge is 0.270 e. The lowest BCUT2D eigenvalue weighted by molar-refractivity contribution is 0.0945. The fraction of sp³-hybridized carbons (Fsp3) is 0.190. The fourth-order valence-corrected chi connectivity index (χ4v) is 2.89. The number of benzene rings is 2. The number of amides is 1. The molecule has 4 rings (SSSR count). The molecule has 0 spiro atoms. The normalized spacial score (nSPS) is 11.9. The molecule has 1 aliphatic heterocycles. The standard InChI is InChI=1S/C21H20N4O3/c1-14-24-17(21(26)23-11-15-5-3-2-4-6-15)10-20(25-14)22-12-16-7-8-18-19(9-16)28-13-27-18/h2-10H,11-13H2,1H3,(H,23,26)(H,22,24,25). The number of rotatable bonds is 6. The molecule has 1 aromatic heterocycles. The van der Waals surface area contributed by atoms with E-state index in [1.54, 1.807) is 13.0 Å². The van der Waals surface area contributed by atoms with Crippen molar-refractivity contribution in [3.05, 3.63) is 77.2 Å². The largest absolute Gasteiger partial charge is 0.454 e. The molecule has 142 valence electrons. The Balaban J connectivity index is 1.41. The Kier molecular flexibility index (Phi) is 5.05. The van der Waals surface area contributed by atoms with Gasteiger partial charge in [0.2, 0.25) is 6.79 Å². The Morgan fingerprint density at radius 2 is 1.79 bits per heavy atom. The van der Waals surface area contributed by atoms with Crippen molar-refractivity contribution in [2.75, 3.05) is 12.1 Å². The zero-order valence-corrected chi connectivity index (χ0v) is 15.4. The van der Waals surface area contributed by atoms with E-state index in [1.165, 1.54) is 0 Å². The van der Waals surface area contributed by atoms with Gasteiger partial charge in [0.1, 0.15) is 17.3 Å². The van der Waals surface area contributed by atoms with Gasteiger partial charge in [-0.2, -0.15) is 0 Å². The van der Waals surface area contributed by atoms with Crippen LogP contribution in [-0.2, 0) is 13.1 Å². The van der Waals surface area contributed by atoms with Crippen molar-refractivity contribution >= 4 is 11.7 Å². The minimum absolute atomic E-state index is 0.236. The molecular weight excluding hydrogens is 356 g/mol. The number of nitrogens with zero attached hydrogens (tertiary/aromatic N) is 2. The van der Waals surface area contributed by atoms with Crippen molar-refractivity contribution in [3.8, 4) is 11.5 Å². The molecule has 1 amide bonds. The van der Waals surface area contributed by atoms with Crippen LogP contribution < -0.4 is 20.1 Å². The van der Waals surface area contributed by atoms with Gasteiger partial charge in [-0.25, -0.2) is 9.97 Å². The quantitative estimate of drug-likeness (QED) is 0.688. The zero-order valence-electron chi connectivity index (χ0n) is 15.4. The van der Waals surface area contributed by atoms with Gasteiger partial charge in [0.15, 0.2) is 11.5 Å². The number of fused-ring (bicyclic) bond motifs is 1. The summed E-state index contributed by atoms with van der Waals surface area (Å²) in [7, 11) is 0. The Morgan fingerprint density at radius 3 is 2.64 bits per heavy atom. The van der Waals surface area contributed by atoms with E-state index in [0.29, 0.717) is 30.4 Å². The highest BCUT2D eigenvalue weighted by molar-refractivity contribution is 5.92. The van der Waals surface area contributed by atoms with Gasteiger partial charge in [-0.3, -0.25) is 4.79 Å². The third kappa shape index (κ3) is 4.20. The molecule has 0 bridgehead atoms. The van der Waals surface area contributed by atoms with Gasteiger partial charge in [0, 0.05) is 19.2 Å². The third-order valence-electron chi connectivity index (χ3n) is 4.28. The van der Waals surface area contributed by atoms with E-state index in [0.717, 1.165) is 22.6 Å². The second-order valence-corrected chi connectivity index (χ2v) is 6.40. The molecule has 2 N–H and O–H groups in total. The van der Waals surface area contributed by atoms with Crippen molar-refractivity contribution < 1.29 is 14.3 Å². The molecule has 0 atom stereocenters. The second kappa shape index (κ2) is 7.96. The molecule has 2 heterocycles. The maximum Gasteiger partial charge on any atom is 0.270 e. The first-order chi connectivity index (χ1) is 13.7. The predicted octanol–water partition coefficient (Wildman–Crippen LogP) is 3.06. The van der Waals surface area contributed by atoms with Crippen LogP contribution in [0.3, 0.4) is 0 Å². The number of aryl methyl sites for hydroxylation is 1. The van der Waals surface area contributed by atoms with Gasteiger partial charge in [0.05, 0.1) is 0 Å². The van der Waals surface area contributed by atoms with Crippen LogP contribution in [0.25, 0.3) is 0 Å². The topological polar surface area (TPSA) is 85.4 Å². The van der Waals surface area contributed by atoms with Crippen LogP contribution in [-0.4, -0.2) is 22.7 Å². The van der Waals surface area contributed by atoms with Crippen LogP contribution in [0.4, 0.5) is 5.82 Å². The van der Waals surface area contributed by atoms with Crippen LogP contribution in [0.5, 0.6) is 11.5 Å². The average molecular weight is 376 g/mol. The summed E-state index contributed by atoms with van der Waals surface area (Å²) in [4.78, 5) is 21.1. The Hall–Kier alpha value is -3.61. The second-order valence-electron chi connectivity index (χ2n) is 6.40. The maximum atomic E-state index is 12.5. The third-order valence-corrected chi connectivity index (χ3v) is 4.28. The predicted molar refractivity (Wildman–Crippen MR) is 104 cm³/mol. The molecule has 0 fully saturated rings. The summed E-state index contributed by atoms with van der Waals surface area (Å²) in [6.07, 6.45) is 0. The summed E-state index contributed by atoms with van der Waals surface area (Å²) < 4.78 is 10.7. The maximum absolute atomic E-state index is 12.5. The van der Waals surface area contributed by atoms with E-state index in [9.17, 15) is 4.79 Å². The first kappa shape index (κ1) is 17.8. The lowest BCUT2D eigenvalue weighted by atomic mass is 10.2. The van der Waals surface area contributed by atoms with Gasteiger partial charge in [0.25, 0.3) is 5.91 Å². The molecule has 28 heavy (non-hydrogen) atoms. The first-order valence-corrected chi connectivity index (χ1v) is 8.97. The van der Waals surface area contributed by atoms with Gasteiger partial charge < -0.3 is 20.1 Å². The lowest BCUT2D eigenvalue weighted by Gasteiger charge is -2.10. The number of nitrogens with one attached hydrogen (secondary N) is 2. The van der Waals surface area contributed by atoms with E-state index >= 15 is 0 Å². The van der Waals surface area contributed by atoms with E-state index in [1.807, 2.05) is 48.5 Å². The molecule has 1 aliphatic rings. The number of aromatic nitrogens is 2. The van der Waals surface area contributed by atoms with E-state index in [4.69, 9.17) is 9.47 Å². The van der Waals surface area contributed by atoms with Gasteiger partial charge in [-0.15, -0.1) is 0 Å². The van der Waals surface area contributed by atoms with Crippen LogP contribution in [0.15, 0.2) is 54.6 Å². The lowest BCUT2D eigenvalue weighted by Crippen LogP contribution is -2.24. The summed E-state index contributed by atoms with van der Waals surface area (Å²) >= 11 is 0. The van der Waals surface area contributed by atoms with Crippen molar-refractivity contribution in [3.63, 3.8) is 0 Å². The van der Waals surface area contributed by atoms with Crippen molar-refractivity contribution in [2.45, 2.75) is 20.0 Å². The van der Waals surface area contributed by atoms with Gasteiger partial charge >= 0.3 is 0 Å². The molecule has 0 aliphatic carbocycles. The number of carbonyl (C=O) groups excluding carboxylic acids is 1. The highest BCUT2D eigenvalue weighted by Crippen LogP contribution is 2.32. The van der Waals surface area contributed by atoms with Crippen molar-refractivity contribution in [2.24, 2.45) is 0 Å². The Morgan fingerprint density at radius 1 is 0.964 bits per heavy atom. The molecular formula is C21H20N4O3. The highest BCUT2D eigenvalue weighted by Gasteiger charge is 2.14. The van der Waals surface area contributed by atoms with Crippen molar-refractivity contribution in [1.29, 1.82) is 0 Å². The van der Waals surface area contributed by atoms with Crippen LogP contribution in [0, 0.1) is 6.92 Å². The number of anilines is 1. The molecule has 0 unspecified atom stereocenters. The zero-order chi connectivity index (χ0) is 19.3. The fourth-order valence-electron chi connectivity index (χ4n) is 2.89.